The van der Waals surface area contributed by atoms with Crippen LogP contribution < -0.4 is 4.74 Å². The van der Waals surface area contributed by atoms with E-state index in [-0.39, 0.29) is 12.6 Å². The van der Waals surface area contributed by atoms with Gasteiger partial charge in [0, 0.05) is 30.5 Å². The number of esters is 2. The summed E-state index contributed by atoms with van der Waals surface area (Å²) in [5.74, 6) is -0.346. The number of likely N-dealkylation sites (tertiary alicyclic amines) is 1. The fraction of sp³-hybridized carbons (Fsp3) is 0.560. The predicted octanol–water partition coefficient (Wildman–Crippen LogP) is 1.70. The number of hydrogen-bond acceptors (Lipinski definition) is 9. The molecule has 4 aliphatic rings. The van der Waals surface area contributed by atoms with Crippen LogP contribution in [0.2, 0.25) is 0 Å². The number of carbonyl (C=O) groups is 3. The summed E-state index contributed by atoms with van der Waals surface area (Å²) in [7, 11) is 2.02. The van der Waals surface area contributed by atoms with E-state index in [1.165, 1.54) is 13.8 Å². The molecule has 1 aromatic carbocycles. The fourth-order valence-corrected chi connectivity index (χ4v) is 6.13. The second-order valence-corrected chi connectivity index (χ2v) is 9.73. The minimum atomic E-state index is -4.64. The third kappa shape index (κ3) is 4.30. The van der Waals surface area contributed by atoms with Crippen LogP contribution in [0.25, 0.3) is 0 Å². The molecule has 1 aromatic rings. The van der Waals surface area contributed by atoms with Gasteiger partial charge in [0.15, 0.2) is 12.2 Å². The highest BCUT2D eigenvalue weighted by Gasteiger charge is 2.71. The molecular weight excluding hydrogens is 499 g/mol. The summed E-state index contributed by atoms with van der Waals surface area (Å²) in [4.78, 5) is 34.7. The van der Waals surface area contributed by atoms with Crippen molar-refractivity contribution in [2.75, 3.05) is 13.6 Å². The Kier molecular flexibility index (Phi) is 6.89. The molecule has 0 radical (unpaired) electrons. The van der Waals surface area contributed by atoms with E-state index in [4.69, 9.17) is 19.0 Å². The maximum absolute atomic E-state index is 12.6. The number of hydrogen-bond donors (Lipinski definition) is 2. The molecule has 202 valence electrons. The van der Waals surface area contributed by atoms with Crippen molar-refractivity contribution in [3.05, 3.63) is 40.7 Å². The van der Waals surface area contributed by atoms with E-state index in [9.17, 15) is 33.0 Å². The molecule has 2 bridgehead atoms. The van der Waals surface area contributed by atoms with Gasteiger partial charge in [0.05, 0.1) is 17.6 Å². The number of aliphatic hydroxyl groups excluding tert-OH is 1. The second-order valence-electron chi connectivity index (χ2n) is 9.73. The first-order valence-electron chi connectivity index (χ1n) is 11.8. The van der Waals surface area contributed by atoms with Crippen LogP contribution in [0, 0.1) is 0 Å². The molecule has 37 heavy (non-hydrogen) atoms. The zero-order valence-electron chi connectivity index (χ0n) is 20.5. The first-order chi connectivity index (χ1) is 17.3. The molecular formula is C25H28F3NO8. The van der Waals surface area contributed by atoms with Crippen LogP contribution in [0.5, 0.6) is 5.75 Å². The lowest BCUT2D eigenvalue weighted by molar-refractivity contribution is -0.175. The maximum Gasteiger partial charge on any atom is 0.446 e. The molecule has 2 N–H and O–H groups in total. The molecule has 2 aliphatic carbocycles. The van der Waals surface area contributed by atoms with Crippen molar-refractivity contribution in [2.45, 2.75) is 75.2 Å². The van der Waals surface area contributed by atoms with Crippen molar-refractivity contribution in [1.82, 2.24) is 4.90 Å². The van der Waals surface area contributed by atoms with Crippen molar-refractivity contribution in [1.29, 1.82) is 0 Å². The lowest BCUT2D eigenvalue weighted by Gasteiger charge is -2.61. The molecule has 0 unspecified atom stereocenters. The summed E-state index contributed by atoms with van der Waals surface area (Å²) in [5.41, 5.74) is 0.824. The van der Waals surface area contributed by atoms with E-state index in [0.717, 1.165) is 17.7 Å². The molecule has 9 nitrogen and oxygen atoms in total. The first-order valence-corrected chi connectivity index (χ1v) is 11.8. The van der Waals surface area contributed by atoms with E-state index in [1.54, 1.807) is 6.08 Å². The highest BCUT2D eigenvalue weighted by Crippen LogP contribution is 2.64. The van der Waals surface area contributed by atoms with Gasteiger partial charge in [0.25, 0.3) is 0 Å². The lowest BCUT2D eigenvalue weighted by Crippen LogP contribution is -2.74. The number of nitrogens with zero attached hydrogens (tertiary/aromatic N) is 1. The van der Waals surface area contributed by atoms with Gasteiger partial charge in [-0.2, -0.15) is 13.2 Å². The van der Waals surface area contributed by atoms with E-state index in [0.29, 0.717) is 36.3 Å². The van der Waals surface area contributed by atoms with Crippen LogP contribution in [0.4, 0.5) is 13.2 Å². The van der Waals surface area contributed by atoms with Gasteiger partial charge in [-0.3, -0.25) is 9.59 Å². The van der Waals surface area contributed by atoms with Crippen LogP contribution in [-0.2, 0) is 42.3 Å². The maximum atomic E-state index is 12.6. The summed E-state index contributed by atoms with van der Waals surface area (Å²) in [6.07, 6.45) is -4.10. The molecule has 5 rings (SSSR count). The molecule has 1 saturated heterocycles. The van der Waals surface area contributed by atoms with E-state index < -0.39 is 47.6 Å². The second kappa shape index (κ2) is 9.41. The van der Waals surface area contributed by atoms with Gasteiger partial charge in [-0.25, -0.2) is 4.79 Å². The SMILES string of the molecule is CC(=O)O[C@@H](C)C(=O)OC1=CC[C@@]2(O)[C@H]3Cc4ccc(CO)c5c4[C@@]2(CCN3C)[C@H]1O5.O=CC(F)(F)F. The Morgan fingerprint density at radius 3 is 2.62 bits per heavy atom. The fourth-order valence-electron chi connectivity index (χ4n) is 6.13. The number of aliphatic hydroxyl groups is 2. The number of carbonyl (C=O) groups excluding carboxylic acids is 3. The quantitative estimate of drug-likeness (QED) is 0.445. The van der Waals surface area contributed by atoms with Crippen molar-refractivity contribution in [3.63, 3.8) is 0 Å². The van der Waals surface area contributed by atoms with Gasteiger partial charge in [0.2, 0.25) is 6.29 Å². The number of aldehydes is 1. The van der Waals surface area contributed by atoms with E-state index in [1.807, 2.05) is 19.2 Å². The molecule has 0 aromatic heterocycles. The Balaban J connectivity index is 0.000000480. The molecule has 1 fully saturated rings. The minimum Gasteiger partial charge on any atom is -0.481 e. The monoisotopic (exact) mass is 527 g/mol. The van der Waals surface area contributed by atoms with Gasteiger partial charge < -0.3 is 29.3 Å². The third-order valence-electron chi connectivity index (χ3n) is 7.65. The zero-order valence-corrected chi connectivity index (χ0v) is 20.5. The van der Waals surface area contributed by atoms with Crippen LogP contribution in [-0.4, -0.2) is 77.0 Å². The third-order valence-corrected chi connectivity index (χ3v) is 7.65. The summed E-state index contributed by atoms with van der Waals surface area (Å²) < 4.78 is 48.3. The van der Waals surface area contributed by atoms with Gasteiger partial charge in [-0.05, 0) is 45.0 Å². The van der Waals surface area contributed by atoms with Crippen molar-refractivity contribution >= 4 is 18.2 Å². The Bertz CT molecular complexity index is 1150. The van der Waals surface area contributed by atoms with Crippen molar-refractivity contribution in [2.24, 2.45) is 0 Å². The molecule has 5 atom stereocenters. The predicted molar refractivity (Wildman–Crippen MR) is 120 cm³/mol. The topological polar surface area (TPSA) is 123 Å². The number of alkyl halides is 3. The van der Waals surface area contributed by atoms with E-state index >= 15 is 0 Å². The molecule has 2 heterocycles. The van der Waals surface area contributed by atoms with Crippen molar-refractivity contribution < 1.29 is 52.0 Å². The Morgan fingerprint density at radius 2 is 2.03 bits per heavy atom. The van der Waals surface area contributed by atoms with E-state index in [2.05, 4.69) is 4.90 Å². The number of piperidine rings is 1. The van der Waals surface area contributed by atoms with Gasteiger partial charge in [-0.1, -0.05) is 12.1 Å². The smallest absolute Gasteiger partial charge is 0.446 e. The normalized spacial score (nSPS) is 30.0. The summed E-state index contributed by atoms with van der Waals surface area (Å²) in [5, 5.41) is 22.0. The number of halogens is 3. The standard InChI is InChI=1S/C23H27NO7.C2HF3O/c1-12(29-13(2)26)21(27)30-16-6-7-23(28)17-10-14-4-5-15(11-25)19-18(14)22(23,20(16)31-19)8-9-24(17)3;3-2(4,5)1-6/h4-6,12,17,20,25,28H,7-11H2,1-3H3;1H/t12-,17+,20-,22-,23+;/m0./s1. The Hall–Kier alpha value is -2.96. The zero-order chi connectivity index (χ0) is 27.3. The Labute approximate surface area is 210 Å². The molecule has 12 heteroatoms. The minimum absolute atomic E-state index is 0.0979. The molecule has 2 aliphatic heterocycles. The lowest BCUT2D eigenvalue weighted by atomic mass is 9.50. The van der Waals surface area contributed by atoms with Crippen molar-refractivity contribution in [3.8, 4) is 5.75 Å². The molecule has 1 spiro atoms. The summed E-state index contributed by atoms with van der Waals surface area (Å²) >= 11 is 0. The number of benzene rings is 1. The van der Waals surface area contributed by atoms with Crippen LogP contribution >= 0.6 is 0 Å². The van der Waals surface area contributed by atoms with Crippen LogP contribution in [0.1, 0.15) is 43.4 Å². The number of rotatable bonds is 4. The first kappa shape index (κ1) is 27.1. The van der Waals surface area contributed by atoms with Gasteiger partial charge in [-0.15, -0.1) is 0 Å². The van der Waals surface area contributed by atoms with Gasteiger partial charge >= 0.3 is 18.1 Å². The highest BCUT2D eigenvalue weighted by molar-refractivity contribution is 5.79. The highest BCUT2D eigenvalue weighted by atomic mass is 19.4. The number of likely N-dealkylation sites (N-methyl/N-ethyl adjacent to an activating group) is 1. The van der Waals surface area contributed by atoms with Crippen LogP contribution in [0.15, 0.2) is 24.0 Å². The van der Waals surface area contributed by atoms with Crippen LogP contribution in [0.3, 0.4) is 0 Å². The Morgan fingerprint density at radius 1 is 1.35 bits per heavy atom. The van der Waals surface area contributed by atoms with Gasteiger partial charge in [0.1, 0.15) is 11.5 Å². The largest absolute Gasteiger partial charge is 0.481 e. The molecule has 0 saturated carbocycles. The number of ether oxygens (including phenoxy) is 3. The summed E-state index contributed by atoms with van der Waals surface area (Å²) in [6, 6.07) is 3.77. The molecule has 0 amide bonds. The summed E-state index contributed by atoms with van der Waals surface area (Å²) in [6.45, 7) is 3.27. The average Bonchev–Trinajstić information content (AvgIpc) is 3.18. The average molecular weight is 527 g/mol.